The van der Waals surface area contributed by atoms with Gasteiger partial charge in [-0.25, -0.2) is 4.52 Å². The molecule has 2 N–H and O–H groups in total. The quantitative estimate of drug-likeness (QED) is 0.412. The fraction of sp³-hybridized carbons (Fsp3) is 0.174. The standard InChI is InChI=1S/C23H18ClF3N4O4/c1-35-15-5-2-13(3-6-15)20-16(12-32)21-22(34)30(8-9-31(21)29-20)11-19(33)28-18-10-14(23(25,26)27)4-7-17(18)24/h2-10,32H,11-12H2,1H3,(H,28,33). The summed E-state index contributed by atoms with van der Waals surface area (Å²) < 4.78 is 46.4. The average molecular weight is 507 g/mol. The highest BCUT2D eigenvalue weighted by Gasteiger charge is 2.31. The van der Waals surface area contributed by atoms with E-state index < -0.39 is 36.4 Å². The number of nitrogens with one attached hydrogen (secondary N) is 1. The van der Waals surface area contributed by atoms with Gasteiger partial charge in [-0.1, -0.05) is 11.6 Å². The second-order valence-electron chi connectivity index (χ2n) is 7.48. The third-order valence-electron chi connectivity index (χ3n) is 5.26. The van der Waals surface area contributed by atoms with Crippen LogP contribution in [0, 0.1) is 0 Å². The van der Waals surface area contributed by atoms with Crippen molar-refractivity contribution < 1.29 is 27.8 Å². The predicted octanol–water partition coefficient (Wildman–Crippen LogP) is 3.97. The summed E-state index contributed by atoms with van der Waals surface area (Å²) in [6.07, 6.45) is -1.86. The number of aliphatic hydroxyl groups is 1. The van der Waals surface area contributed by atoms with Gasteiger partial charge in [0.2, 0.25) is 5.91 Å². The van der Waals surface area contributed by atoms with Crippen molar-refractivity contribution in [3.63, 3.8) is 0 Å². The highest BCUT2D eigenvalue weighted by atomic mass is 35.5. The number of amides is 1. The normalized spacial score (nSPS) is 11.6. The maximum Gasteiger partial charge on any atom is 0.416 e. The number of nitrogens with zero attached hydrogens (tertiary/aromatic N) is 3. The number of fused-ring (bicyclic) bond motifs is 1. The van der Waals surface area contributed by atoms with Crippen LogP contribution in [0.15, 0.2) is 59.7 Å². The van der Waals surface area contributed by atoms with Gasteiger partial charge >= 0.3 is 6.18 Å². The SMILES string of the molecule is COc1ccc(-c2nn3ccn(CC(=O)Nc4cc(C(F)(F)F)ccc4Cl)c(=O)c3c2CO)cc1. The van der Waals surface area contributed by atoms with Crippen LogP contribution in [0.1, 0.15) is 11.1 Å². The van der Waals surface area contributed by atoms with Crippen LogP contribution in [0.4, 0.5) is 18.9 Å². The van der Waals surface area contributed by atoms with Crippen molar-refractivity contribution in [1.82, 2.24) is 14.2 Å². The third-order valence-corrected chi connectivity index (χ3v) is 5.59. The van der Waals surface area contributed by atoms with E-state index in [2.05, 4.69) is 10.4 Å². The number of benzene rings is 2. The summed E-state index contributed by atoms with van der Waals surface area (Å²) in [6.45, 7) is -0.994. The summed E-state index contributed by atoms with van der Waals surface area (Å²) in [5.74, 6) is -0.143. The Hall–Kier alpha value is -3.83. The lowest BCUT2D eigenvalue weighted by atomic mass is 10.1. The van der Waals surface area contributed by atoms with Gasteiger partial charge < -0.3 is 19.7 Å². The number of anilines is 1. The molecule has 4 aromatic rings. The van der Waals surface area contributed by atoms with Crippen LogP contribution in [0.25, 0.3) is 16.8 Å². The molecule has 0 saturated carbocycles. The van der Waals surface area contributed by atoms with Gasteiger partial charge in [0.05, 0.1) is 35.7 Å². The van der Waals surface area contributed by atoms with E-state index >= 15 is 0 Å². The minimum atomic E-state index is -4.61. The fourth-order valence-electron chi connectivity index (χ4n) is 3.55. The zero-order valence-electron chi connectivity index (χ0n) is 18.1. The first-order valence-corrected chi connectivity index (χ1v) is 10.5. The number of hydrogen-bond acceptors (Lipinski definition) is 5. The van der Waals surface area contributed by atoms with Crippen molar-refractivity contribution >= 4 is 28.7 Å². The molecule has 8 nitrogen and oxygen atoms in total. The molecule has 4 rings (SSSR count). The van der Waals surface area contributed by atoms with Crippen molar-refractivity contribution in [2.75, 3.05) is 12.4 Å². The Labute approximate surface area is 201 Å². The molecule has 0 aliphatic rings. The average Bonchev–Trinajstić information content (AvgIpc) is 3.21. The Balaban J connectivity index is 1.65. The Kier molecular flexibility index (Phi) is 6.55. The number of carbonyl (C=O) groups excluding carboxylic acids is 1. The second-order valence-corrected chi connectivity index (χ2v) is 7.89. The van der Waals surface area contributed by atoms with E-state index in [0.717, 1.165) is 16.7 Å². The summed E-state index contributed by atoms with van der Waals surface area (Å²) in [4.78, 5) is 25.6. The molecule has 0 bridgehead atoms. The number of rotatable bonds is 6. The number of alkyl halides is 3. The van der Waals surface area contributed by atoms with Gasteiger partial charge in [-0.2, -0.15) is 18.3 Å². The summed E-state index contributed by atoms with van der Waals surface area (Å²) in [5, 5.41) is 16.6. The number of carbonyl (C=O) groups is 1. The van der Waals surface area contributed by atoms with E-state index in [1.165, 1.54) is 24.0 Å². The highest BCUT2D eigenvalue weighted by molar-refractivity contribution is 6.33. The molecule has 0 aliphatic heterocycles. The molecule has 0 saturated heterocycles. The van der Waals surface area contributed by atoms with Crippen molar-refractivity contribution in [2.45, 2.75) is 19.3 Å². The fourth-order valence-corrected chi connectivity index (χ4v) is 3.71. The number of aromatic nitrogens is 3. The van der Waals surface area contributed by atoms with Crippen LogP contribution in [0.5, 0.6) is 5.75 Å². The van der Waals surface area contributed by atoms with Gasteiger partial charge in [-0.3, -0.25) is 9.59 Å². The molecule has 35 heavy (non-hydrogen) atoms. The van der Waals surface area contributed by atoms with E-state index in [9.17, 15) is 27.9 Å². The maximum atomic E-state index is 13.1. The van der Waals surface area contributed by atoms with Crippen LogP contribution >= 0.6 is 11.6 Å². The lowest BCUT2D eigenvalue weighted by Crippen LogP contribution is -2.28. The van der Waals surface area contributed by atoms with E-state index in [0.29, 0.717) is 23.1 Å². The molecule has 0 aliphatic carbocycles. The van der Waals surface area contributed by atoms with E-state index in [1.807, 2.05) is 0 Å². The molecule has 0 radical (unpaired) electrons. The molecule has 2 aromatic heterocycles. The van der Waals surface area contributed by atoms with E-state index in [-0.39, 0.29) is 21.8 Å². The lowest BCUT2D eigenvalue weighted by Gasteiger charge is -2.12. The zero-order valence-corrected chi connectivity index (χ0v) is 18.9. The van der Waals surface area contributed by atoms with Crippen molar-refractivity contribution in [1.29, 1.82) is 0 Å². The van der Waals surface area contributed by atoms with E-state index in [4.69, 9.17) is 16.3 Å². The molecule has 12 heteroatoms. The minimum Gasteiger partial charge on any atom is -0.497 e. The smallest absolute Gasteiger partial charge is 0.416 e. The Morgan fingerprint density at radius 2 is 1.89 bits per heavy atom. The number of aliphatic hydroxyl groups excluding tert-OH is 1. The van der Waals surface area contributed by atoms with Gasteiger partial charge in [0.15, 0.2) is 0 Å². The highest BCUT2D eigenvalue weighted by Crippen LogP contribution is 2.34. The summed E-state index contributed by atoms with van der Waals surface area (Å²) >= 11 is 5.92. The van der Waals surface area contributed by atoms with Crippen LogP contribution in [-0.4, -0.2) is 32.3 Å². The van der Waals surface area contributed by atoms with Crippen molar-refractivity contribution in [2.24, 2.45) is 0 Å². The molecule has 0 atom stereocenters. The molecule has 0 spiro atoms. The summed E-state index contributed by atoms with van der Waals surface area (Å²) in [5.41, 5.74) is -0.487. The second kappa shape index (κ2) is 9.43. The lowest BCUT2D eigenvalue weighted by molar-refractivity contribution is -0.137. The Morgan fingerprint density at radius 1 is 1.17 bits per heavy atom. The largest absolute Gasteiger partial charge is 0.497 e. The summed E-state index contributed by atoms with van der Waals surface area (Å²) in [6, 6.07) is 9.42. The van der Waals surface area contributed by atoms with E-state index in [1.54, 1.807) is 24.3 Å². The van der Waals surface area contributed by atoms with Crippen LogP contribution < -0.4 is 15.6 Å². The van der Waals surface area contributed by atoms with Crippen LogP contribution in [-0.2, 0) is 24.1 Å². The third kappa shape index (κ3) is 4.86. The van der Waals surface area contributed by atoms with Crippen LogP contribution in [0.2, 0.25) is 5.02 Å². The molecule has 182 valence electrons. The number of methoxy groups -OCH3 is 1. The van der Waals surface area contributed by atoms with Gasteiger partial charge in [-0.05, 0) is 42.5 Å². The first-order valence-electron chi connectivity index (χ1n) is 10.1. The first kappa shape index (κ1) is 24.3. The maximum absolute atomic E-state index is 13.1. The van der Waals surface area contributed by atoms with Gasteiger partial charge in [0, 0.05) is 23.5 Å². The number of ether oxygens (including phenoxy) is 1. The monoisotopic (exact) mass is 506 g/mol. The predicted molar refractivity (Wildman–Crippen MR) is 122 cm³/mol. The molecule has 2 heterocycles. The summed E-state index contributed by atoms with van der Waals surface area (Å²) in [7, 11) is 1.53. The Morgan fingerprint density at radius 3 is 2.51 bits per heavy atom. The van der Waals surface area contributed by atoms with Crippen molar-refractivity contribution in [3.8, 4) is 17.0 Å². The number of halogens is 4. The zero-order chi connectivity index (χ0) is 25.3. The number of hydrogen-bond donors (Lipinski definition) is 2. The van der Waals surface area contributed by atoms with Gasteiger partial charge in [0.25, 0.3) is 5.56 Å². The minimum absolute atomic E-state index is 0.0609. The topological polar surface area (TPSA) is 97.9 Å². The molecule has 0 fully saturated rings. The first-order chi connectivity index (χ1) is 16.6. The Bertz CT molecular complexity index is 1460. The van der Waals surface area contributed by atoms with Gasteiger partial charge in [-0.15, -0.1) is 0 Å². The molecule has 0 unspecified atom stereocenters. The van der Waals surface area contributed by atoms with Crippen LogP contribution in [0.3, 0.4) is 0 Å². The molecule has 2 aromatic carbocycles. The molecular weight excluding hydrogens is 489 g/mol. The van der Waals surface area contributed by atoms with Crippen molar-refractivity contribution in [3.05, 3.63) is 81.4 Å². The van der Waals surface area contributed by atoms with Gasteiger partial charge in [0.1, 0.15) is 17.8 Å². The molecular formula is C23H18ClF3N4O4. The molecule has 1 amide bonds.